The molecule has 2 amide bonds. The third kappa shape index (κ3) is 6.59. The first-order chi connectivity index (χ1) is 9.11. The van der Waals surface area contributed by atoms with Crippen LogP contribution in [0.4, 0.5) is 16.4 Å². The monoisotopic (exact) mass is 265 g/mol. The molecule has 0 fully saturated rings. The van der Waals surface area contributed by atoms with Gasteiger partial charge in [0, 0.05) is 12.6 Å². The van der Waals surface area contributed by atoms with Gasteiger partial charge in [-0.05, 0) is 32.4 Å². The van der Waals surface area contributed by atoms with Crippen molar-refractivity contribution in [2.24, 2.45) is 0 Å². The number of nitrogens with zero attached hydrogens (tertiary/aromatic N) is 2. The Balaban J connectivity index is 2.36. The molecule has 106 valence electrons. The number of nitrogens with one attached hydrogen (secondary N) is 3. The molecule has 0 aliphatic carbocycles. The molecule has 3 N–H and O–H groups in total. The van der Waals surface area contributed by atoms with Gasteiger partial charge < -0.3 is 10.6 Å². The number of hydrogen-bond acceptors (Lipinski definition) is 4. The van der Waals surface area contributed by atoms with Crippen molar-refractivity contribution in [1.82, 2.24) is 15.5 Å². The molecule has 0 aliphatic heterocycles. The Hall–Kier alpha value is -1.85. The first-order valence-electron chi connectivity index (χ1n) is 6.77. The average Bonchev–Trinajstić information content (AvgIpc) is 2.35. The molecule has 0 bridgehead atoms. The third-order valence-corrected chi connectivity index (χ3v) is 2.41. The molecular formula is C13H23N5O. The first-order valence-corrected chi connectivity index (χ1v) is 6.77. The number of amides is 2. The second kappa shape index (κ2) is 8.29. The van der Waals surface area contributed by atoms with E-state index in [2.05, 4.69) is 33.1 Å². The van der Waals surface area contributed by atoms with Crippen molar-refractivity contribution in [2.45, 2.75) is 46.1 Å². The number of anilines is 2. The molecule has 1 rings (SSSR count). The third-order valence-electron chi connectivity index (χ3n) is 2.41. The van der Waals surface area contributed by atoms with E-state index in [1.807, 2.05) is 19.9 Å². The highest BCUT2D eigenvalue weighted by Gasteiger charge is 2.04. The summed E-state index contributed by atoms with van der Waals surface area (Å²) in [6, 6.07) is 3.36. The fraction of sp³-hybridized carbons (Fsp3) is 0.615. The number of unbranched alkanes of at least 4 members (excludes halogenated alkanes) is 2. The Morgan fingerprint density at radius 3 is 2.47 bits per heavy atom. The molecule has 0 radical (unpaired) electrons. The lowest BCUT2D eigenvalue weighted by molar-refractivity contribution is 0.250. The Morgan fingerprint density at radius 1 is 1.21 bits per heavy atom. The van der Waals surface area contributed by atoms with Crippen molar-refractivity contribution in [3.8, 4) is 0 Å². The van der Waals surface area contributed by atoms with E-state index in [-0.39, 0.29) is 12.1 Å². The molecule has 1 aromatic heterocycles. The molecule has 1 aromatic rings. The normalized spacial score (nSPS) is 10.3. The van der Waals surface area contributed by atoms with Crippen LogP contribution in [0.25, 0.3) is 0 Å². The van der Waals surface area contributed by atoms with Crippen LogP contribution in [-0.4, -0.2) is 28.8 Å². The van der Waals surface area contributed by atoms with Crippen LogP contribution in [-0.2, 0) is 0 Å². The summed E-state index contributed by atoms with van der Waals surface area (Å²) in [5, 5.41) is 16.5. The van der Waals surface area contributed by atoms with Gasteiger partial charge in [0.2, 0.25) is 0 Å². The number of aromatic nitrogens is 2. The fourth-order valence-electron chi connectivity index (χ4n) is 1.50. The van der Waals surface area contributed by atoms with Crippen LogP contribution < -0.4 is 16.0 Å². The lowest BCUT2D eigenvalue weighted by atomic mass is 10.2. The minimum Gasteiger partial charge on any atom is -0.369 e. The van der Waals surface area contributed by atoms with E-state index in [9.17, 15) is 4.79 Å². The summed E-state index contributed by atoms with van der Waals surface area (Å²) in [6.07, 6.45) is 3.52. The SMILES string of the molecule is CCCCCNc1ccc(NC(=O)NC(C)C)nn1. The average molecular weight is 265 g/mol. The van der Waals surface area contributed by atoms with Gasteiger partial charge in [0.05, 0.1) is 0 Å². The molecule has 6 heteroatoms. The molecule has 0 saturated heterocycles. The van der Waals surface area contributed by atoms with Crippen LogP contribution in [0.5, 0.6) is 0 Å². The second-order valence-electron chi connectivity index (χ2n) is 4.69. The molecular weight excluding hydrogens is 242 g/mol. The van der Waals surface area contributed by atoms with Crippen molar-refractivity contribution in [3.63, 3.8) is 0 Å². The predicted octanol–water partition coefficient (Wildman–Crippen LogP) is 2.61. The number of urea groups is 1. The zero-order valence-electron chi connectivity index (χ0n) is 11.9. The van der Waals surface area contributed by atoms with Gasteiger partial charge in [-0.15, -0.1) is 10.2 Å². The summed E-state index contributed by atoms with van der Waals surface area (Å²) >= 11 is 0. The van der Waals surface area contributed by atoms with Gasteiger partial charge >= 0.3 is 6.03 Å². The highest BCUT2D eigenvalue weighted by Crippen LogP contribution is 2.06. The van der Waals surface area contributed by atoms with Gasteiger partial charge in [-0.2, -0.15) is 0 Å². The van der Waals surface area contributed by atoms with Crippen LogP contribution in [0.3, 0.4) is 0 Å². The van der Waals surface area contributed by atoms with Gasteiger partial charge in [0.25, 0.3) is 0 Å². The van der Waals surface area contributed by atoms with Crippen molar-refractivity contribution < 1.29 is 4.79 Å². The van der Waals surface area contributed by atoms with Crippen LogP contribution in [0.15, 0.2) is 12.1 Å². The minimum atomic E-state index is -0.270. The number of carbonyl (C=O) groups excluding carboxylic acids is 1. The Kier molecular flexibility index (Phi) is 6.63. The van der Waals surface area contributed by atoms with E-state index < -0.39 is 0 Å². The molecule has 0 aromatic carbocycles. The van der Waals surface area contributed by atoms with Gasteiger partial charge in [0.1, 0.15) is 5.82 Å². The quantitative estimate of drug-likeness (QED) is 0.662. The molecule has 0 saturated carbocycles. The molecule has 6 nitrogen and oxygen atoms in total. The lowest BCUT2D eigenvalue weighted by Gasteiger charge is -2.09. The number of rotatable bonds is 7. The topological polar surface area (TPSA) is 78.9 Å². The van der Waals surface area contributed by atoms with Crippen LogP contribution in [0.2, 0.25) is 0 Å². The standard InChI is InChI=1S/C13H23N5O/c1-4-5-6-9-14-11-7-8-12(18-17-11)16-13(19)15-10(2)3/h7-8,10H,4-6,9H2,1-3H3,(H,14,17)(H2,15,16,18,19). The zero-order chi connectivity index (χ0) is 14.1. The Labute approximate surface area is 114 Å². The highest BCUT2D eigenvalue weighted by molar-refractivity contribution is 5.88. The zero-order valence-corrected chi connectivity index (χ0v) is 11.9. The minimum absolute atomic E-state index is 0.0902. The molecule has 0 unspecified atom stereocenters. The number of hydrogen-bond donors (Lipinski definition) is 3. The number of carbonyl (C=O) groups is 1. The Bertz CT molecular complexity index is 377. The van der Waals surface area contributed by atoms with E-state index >= 15 is 0 Å². The summed E-state index contributed by atoms with van der Waals surface area (Å²) in [5.74, 6) is 1.17. The van der Waals surface area contributed by atoms with Gasteiger partial charge in [-0.25, -0.2) is 4.79 Å². The van der Waals surface area contributed by atoms with Crippen molar-refractivity contribution in [2.75, 3.05) is 17.2 Å². The highest BCUT2D eigenvalue weighted by atomic mass is 16.2. The molecule has 1 heterocycles. The lowest BCUT2D eigenvalue weighted by Crippen LogP contribution is -2.34. The predicted molar refractivity (Wildman–Crippen MR) is 77.3 cm³/mol. The van der Waals surface area contributed by atoms with E-state index in [1.165, 1.54) is 12.8 Å². The van der Waals surface area contributed by atoms with E-state index in [4.69, 9.17) is 0 Å². The summed E-state index contributed by atoms with van der Waals surface area (Å²) in [6.45, 7) is 6.86. The second-order valence-corrected chi connectivity index (χ2v) is 4.69. The van der Waals surface area contributed by atoms with Crippen LogP contribution in [0, 0.1) is 0 Å². The van der Waals surface area contributed by atoms with Gasteiger partial charge in [-0.1, -0.05) is 19.8 Å². The van der Waals surface area contributed by atoms with E-state index in [0.717, 1.165) is 18.8 Å². The van der Waals surface area contributed by atoms with Crippen LogP contribution in [0.1, 0.15) is 40.0 Å². The smallest absolute Gasteiger partial charge is 0.320 e. The van der Waals surface area contributed by atoms with Crippen molar-refractivity contribution in [1.29, 1.82) is 0 Å². The van der Waals surface area contributed by atoms with Crippen LogP contribution >= 0.6 is 0 Å². The Morgan fingerprint density at radius 2 is 1.89 bits per heavy atom. The van der Waals surface area contributed by atoms with Crippen molar-refractivity contribution in [3.05, 3.63) is 12.1 Å². The molecule has 0 atom stereocenters. The summed E-state index contributed by atoms with van der Waals surface area (Å²) in [4.78, 5) is 11.4. The summed E-state index contributed by atoms with van der Waals surface area (Å²) in [5.41, 5.74) is 0. The van der Waals surface area contributed by atoms with Gasteiger partial charge in [-0.3, -0.25) is 5.32 Å². The van der Waals surface area contributed by atoms with E-state index in [0.29, 0.717) is 5.82 Å². The maximum atomic E-state index is 11.4. The van der Waals surface area contributed by atoms with E-state index in [1.54, 1.807) is 6.07 Å². The maximum Gasteiger partial charge on any atom is 0.320 e. The van der Waals surface area contributed by atoms with Gasteiger partial charge in [0.15, 0.2) is 5.82 Å². The maximum absolute atomic E-state index is 11.4. The first kappa shape index (κ1) is 15.2. The fourth-order valence-corrected chi connectivity index (χ4v) is 1.50. The summed E-state index contributed by atoms with van der Waals surface area (Å²) in [7, 11) is 0. The molecule has 19 heavy (non-hydrogen) atoms. The molecule has 0 spiro atoms. The van der Waals surface area contributed by atoms with Crippen molar-refractivity contribution >= 4 is 17.7 Å². The summed E-state index contributed by atoms with van der Waals surface area (Å²) < 4.78 is 0. The molecule has 0 aliphatic rings. The largest absolute Gasteiger partial charge is 0.369 e.